The fourth-order valence-electron chi connectivity index (χ4n) is 3.45. The Bertz CT molecular complexity index is 779. The van der Waals surface area contributed by atoms with Gasteiger partial charge in [0.15, 0.2) is 0 Å². The Hall–Kier alpha value is -2.35. The third-order valence-electron chi connectivity index (χ3n) is 4.66. The van der Waals surface area contributed by atoms with Crippen LogP contribution in [0.5, 0.6) is 0 Å². The summed E-state index contributed by atoms with van der Waals surface area (Å²) in [4.78, 5) is 33.8. The largest absolute Gasteiger partial charge is 0.336 e. The van der Waals surface area contributed by atoms with Gasteiger partial charge in [-0.05, 0) is 25.0 Å². The number of para-hydroxylation sites is 1. The van der Waals surface area contributed by atoms with Crippen LogP contribution in [0.4, 0.5) is 5.69 Å². The molecule has 0 saturated carbocycles. The van der Waals surface area contributed by atoms with Crippen molar-refractivity contribution in [1.29, 1.82) is 0 Å². The zero-order chi connectivity index (χ0) is 17.2. The molecule has 0 bridgehead atoms. The van der Waals surface area contributed by atoms with Gasteiger partial charge >= 0.3 is 0 Å². The normalized spacial score (nSPS) is 20.0. The van der Waals surface area contributed by atoms with Gasteiger partial charge < -0.3 is 9.80 Å². The molecule has 7 nitrogen and oxygen atoms in total. The fourth-order valence-corrected chi connectivity index (χ4v) is 4.39. The molecule has 2 amide bonds. The highest BCUT2D eigenvalue weighted by Crippen LogP contribution is 2.35. The van der Waals surface area contributed by atoms with Gasteiger partial charge in [0.2, 0.25) is 11.8 Å². The Morgan fingerprint density at radius 3 is 3.04 bits per heavy atom. The smallest absolute Gasteiger partial charge is 0.242 e. The number of aromatic nitrogens is 3. The maximum Gasteiger partial charge on any atom is 0.242 e. The number of amides is 2. The van der Waals surface area contributed by atoms with E-state index in [9.17, 15) is 9.59 Å². The molecule has 2 aromatic rings. The van der Waals surface area contributed by atoms with Crippen molar-refractivity contribution < 1.29 is 9.59 Å². The number of hydrogen-bond acceptors (Lipinski definition) is 5. The van der Waals surface area contributed by atoms with Crippen LogP contribution >= 0.6 is 11.8 Å². The van der Waals surface area contributed by atoms with Gasteiger partial charge in [-0.25, -0.2) is 4.98 Å². The molecule has 1 fully saturated rings. The van der Waals surface area contributed by atoms with E-state index in [1.807, 2.05) is 29.2 Å². The summed E-state index contributed by atoms with van der Waals surface area (Å²) in [6, 6.07) is 7.87. The SMILES string of the molecule is O=C1CSc2ccccc2N1CC(=O)N1CCCC1Cn1cncn1. The molecule has 0 radical (unpaired) electrons. The number of carbonyl (C=O) groups excluding carboxylic acids is 2. The van der Waals surface area contributed by atoms with E-state index >= 15 is 0 Å². The minimum absolute atomic E-state index is 0.00216. The number of nitrogens with zero attached hydrogens (tertiary/aromatic N) is 5. The molecule has 2 aliphatic heterocycles. The minimum atomic E-state index is -0.0101. The molecule has 0 aliphatic carbocycles. The summed E-state index contributed by atoms with van der Waals surface area (Å²) < 4.78 is 1.76. The fraction of sp³-hybridized carbons (Fsp3) is 0.412. The van der Waals surface area contributed by atoms with Crippen LogP contribution in [0.3, 0.4) is 0 Å². The lowest BCUT2D eigenvalue weighted by Crippen LogP contribution is -2.47. The van der Waals surface area contributed by atoms with Gasteiger partial charge in [-0.3, -0.25) is 14.3 Å². The molecule has 1 aromatic carbocycles. The van der Waals surface area contributed by atoms with Gasteiger partial charge in [-0.1, -0.05) is 12.1 Å². The topological polar surface area (TPSA) is 71.3 Å². The number of rotatable bonds is 4. The van der Waals surface area contributed by atoms with E-state index in [1.54, 1.807) is 15.9 Å². The molecule has 1 atom stereocenters. The van der Waals surface area contributed by atoms with E-state index in [1.165, 1.54) is 18.1 Å². The van der Waals surface area contributed by atoms with Crippen LogP contribution < -0.4 is 4.90 Å². The van der Waals surface area contributed by atoms with Gasteiger partial charge in [0.1, 0.15) is 19.2 Å². The van der Waals surface area contributed by atoms with Gasteiger partial charge in [0, 0.05) is 11.4 Å². The Balaban J connectivity index is 1.48. The summed E-state index contributed by atoms with van der Waals surface area (Å²) in [6.07, 6.45) is 5.10. The Morgan fingerprint density at radius 2 is 2.20 bits per heavy atom. The number of hydrogen-bond donors (Lipinski definition) is 0. The molecule has 0 spiro atoms. The van der Waals surface area contributed by atoms with E-state index in [0.717, 1.165) is 30.0 Å². The molecular formula is C17H19N5O2S. The molecule has 3 heterocycles. The second-order valence-electron chi connectivity index (χ2n) is 6.24. The van der Waals surface area contributed by atoms with Crippen molar-refractivity contribution in [1.82, 2.24) is 19.7 Å². The van der Waals surface area contributed by atoms with Crippen molar-refractivity contribution in [3.63, 3.8) is 0 Å². The number of thioether (sulfide) groups is 1. The summed E-state index contributed by atoms with van der Waals surface area (Å²) in [5.74, 6) is 0.369. The summed E-state index contributed by atoms with van der Waals surface area (Å²) >= 11 is 1.53. The van der Waals surface area contributed by atoms with Crippen molar-refractivity contribution in [2.24, 2.45) is 0 Å². The van der Waals surface area contributed by atoms with Crippen molar-refractivity contribution in [2.45, 2.75) is 30.3 Å². The van der Waals surface area contributed by atoms with Crippen molar-refractivity contribution in [2.75, 3.05) is 23.7 Å². The van der Waals surface area contributed by atoms with Gasteiger partial charge in [0.05, 0.1) is 24.0 Å². The number of likely N-dealkylation sites (tertiary alicyclic amines) is 1. The van der Waals surface area contributed by atoms with E-state index in [2.05, 4.69) is 10.1 Å². The predicted molar refractivity (Wildman–Crippen MR) is 94.3 cm³/mol. The van der Waals surface area contributed by atoms with Gasteiger partial charge in [-0.2, -0.15) is 5.10 Å². The van der Waals surface area contributed by atoms with Crippen LogP contribution in [0.15, 0.2) is 41.8 Å². The highest BCUT2D eigenvalue weighted by molar-refractivity contribution is 8.00. The van der Waals surface area contributed by atoms with Crippen molar-refractivity contribution >= 4 is 29.3 Å². The summed E-state index contributed by atoms with van der Waals surface area (Å²) in [6.45, 7) is 1.48. The van der Waals surface area contributed by atoms with Crippen LogP contribution in [0.25, 0.3) is 0 Å². The first-order valence-electron chi connectivity index (χ1n) is 8.36. The third kappa shape index (κ3) is 3.26. The molecule has 2 aliphatic rings. The van der Waals surface area contributed by atoms with Crippen LogP contribution in [0.1, 0.15) is 12.8 Å². The number of fused-ring (bicyclic) bond motifs is 1. The summed E-state index contributed by atoms with van der Waals surface area (Å²) in [5, 5.41) is 4.13. The van der Waals surface area contributed by atoms with Crippen LogP contribution in [-0.4, -0.2) is 56.4 Å². The molecule has 1 saturated heterocycles. The van der Waals surface area contributed by atoms with E-state index in [4.69, 9.17) is 0 Å². The van der Waals surface area contributed by atoms with Crippen molar-refractivity contribution in [3.05, 3.63) is 36.9 Å². The second kappa shape index (κ2) is 6.87. The summed E-state index contributed by atoms with van der Waals surface area (Å²) in [7, 11) is 0. The molecule has 25 heavy (non-hydrogen) atoms. The van der Waals surface area contributed by atoms with Crippen molar-refractivity contribution in [3.8, 4) is 0 Å². The molecule has 1 unspecified atom stereocenters. The molecule has 4 rings (SSSR count). The van der Waals surface area contributed by atoms with E-state index in [0.29, 0.717) is 12.3 Å². The third-order valence-corrected chi connectivity index (χ3v) is 5.71. The lowest BCUT2D eigenvalue weighted by atomic mass is 10.2. The number of carbonyl (C=O) groups is 2. The number of anilines is 1. The maximum absolute atomic E-state index is 12.9. The predicted octanol–water partition coefficient (Wildman–Crippen LogP) is 1.41. The molecule has 130 valence electrons. The second-order valence-corrected chi connectivity index (χ2v) is 7.25. The Labute approximate surface area is 150 Å². The number of benzene rings is 1. The lowest BCUT2D eigenvalue weighted by Gasteiger charge is -2.31. The van der Waals surface area contributed by atoms with Crippen LogP contribution in [0, 0.1) is 0 Å². The first-order chi connectivity index (χ1) is 12.2. The standard InChI is InChI=1S/C17H19N5O2S/c23-16(21-7-3-4-13(21)8-20-12-18-11-19-20)9-22-14-5-1-2-6-15(14)25-10-17(22)24/h1-2,5-6,11-13H,3-4,7-10H2. The Kier molecular flexibility index (Phi) is 4.44. The minimum Gasteiger partial charge on any atom is -0.336 e. The summed E-state index contributed by atoms with van der Waals surface area (Å²) in [5.41, 5.74) is 0.837. The highest BCUT2D eigenvalue weighted by Gasteiger charge is 2.33. The van der Waals surface area contributed by atoms with E-state index in [-0.39, 0.29) is 24.4 Å². The zero-order valence-corrected chi connectivity index (χ0v) is 14.6. The Morgan fingerprint density at radius 1 is 1.32 bits per heavy atom. The van der Waals surface area contributed by atoms with Gasteiger partial charge in [-0.15, -0.1) is 11.8 Å². The van der Waals surface area contributed by atoms with E-state index < -0.39 is 0 Å². The first kappa shape index (κ1) is 16.1. The average Bonchev–Trinajstić information content (AvgIpc) is 3.30. The first-order valence-corrected chi connectivity index (χ1v) is 9.35. The average molecular weight is 357 g/mol. The zero-order valence-electron chi connectivity index (χ0n) is 13.7. The molecule has 0 N–H and O–H groups in total. The molecule has 1 aromatic heterocycles. The molecule has 8 heteroatoms. The maximum atomic E-state index is 12.9. The monoisotopic (exact) mass is 357 g/mol. The quantitative estimate of drug-likeness (QED) is 0.827. The lowest BCUT2D eigenvalue weighted by molar-refractivity contribution is -0.132. The van der Waals surface area contributed by atoms with Crippen LogP contribution in [0.2, 0.25) is 0 Å². The molecular weight excluding hydrogens is 338 g/mol. The van der Waals surface area contributed by atoms with Gasteiger partial charge in [0.25, 0.3) is 0 Å². The highest BCUT2D eigenvalue weighted by atomic mass is 32.2. The van der Waals surface area contributed by atoms with Crippen LogP contribution in [-0.2, 0) is 16.1 Å².